The van der Waals surface area contributed by atoms with Crippen molar-refractivity contribution in [1.29, 1.82) is 0 Å². The summed E-state index contributed by atoms with van der Waals surface area (Å²) in [5.41, 5.74) is 0.553. The van der Waals surface area contributed by atoms with Crippen LogP contribution < -0.4 is 0 Å². The predicted octanol–water partition coefficient (Wildman–Crippen LogP) is 5.12. The molecule has 2 nitrogen and oxygen atoms in total. The molecule has 0 aliphatic carbocycles. The van der Waals surface area contributed by atoms with Crippen molar-refractivity contribution >= 4 is 14.0 Å². The second kappa shape index (κ2) is 7.62. The van der Waals surface area contributed by atoms with Crippen LogP contribution in [0.5, 0.6) is 0 Å². The van der Waals surface area contributed by atoms with Crippen LogP contribution in [0.3, 0.4) is 0 Å². The number of alkyl halides is 3. The van der Waals surface area contributed by atoms with Gasteiger partial charge in [-0.25, -0.2) is 4.79 Å². The molecule has 0 saturated carbocycles. The monoisotopic (exact) mass is 330 g/mol. The van der Waals surface area contributed by atoms with Gasteiger partial charge in [-0.05, 0) is 11.6 Å². The molecule has 0 aliphatic rings. The molecule has 1 rings (SSSR count). The first-order valence-electron chi connectivity index (χ1n) is 7.07. The number of carbonyl (C=O) groups is 1. The number of allylic oxidation sites excluding steroid dienone is 1. The summed E-state index contributed by atoms with van der Waals surface area (Å²) in [6, 6.07) is 9.40. The van der Waals surface area contributed by atoms with Crippen LogP contribution in [-0.4, -0.2) is 20.2 Å². The van der Waals surface area contributed by atoms with E-state index in [-0.39, 0.29) is 6.42 Å². The van der Waals surface area contributed by atoms with E-state index in [1.54, 1.807) is 36.4 Å². The highest BCUT2D eigenvalue weighted by atomic mass is 28.3. The van der Waals surface area contributed by atoms with Crippen molar-refractivity contribution in [3.8, 4) is 0 Å². The summed E-state index contributed by atoms with van der Waals surface area (Å²) in [6.45, 7) is 6.61. The molecule has 6 heteroatoms. The molecular formula is C16H21F3O2Si. The van der Waals surface area contributed by atoms with Gasteiger partial charge in [0.15, 0.2) is 0 Å². The van der Waals surface area contributed by atoms with Crippen LogP contribution in [0.25, 0.3) is 0 Å². The van der Waals surface area contributed by atoms with Gasteiger partial charge in [-0.2, -0.15) is 13.2 Å². The molecule has 122 valence electrons. The fourth-order valence-corrected chi connectivity index (χ4v) is 2.65. The summed E-state index contributed by atoms with van der Waals surface area (Å²) in [5.74, 6) is -2.15. The van der Waals surface area contributed by atoms with Crippen LogP contribution in [0.15, 0.2) is 42.5 Å². The van der Waals surface area contributed by atoms with Gasteiger partial charge in [-0.1, -0.05) is 62.1 Å². The first-order chi connectivity index (χ1) is 10.1. The van der Waals surface area contributed by atoms with Crippen molar-refractivity contribution < 1.29 is 22.7 Å². The standard InChI is InChI=1S/C16H21F3O2Si/c1-22(2,3)12-8-7-11-14(13-9-5-4-6-10-13)21-15(20)16(17,18)19/h4-10,14H,11-12H2,1-3H3. The van der Waals surface area contributed by atoms with Crippen LogP contribution in [0, 0.1) is 0 Å². The minimum absolute atomic E-state index is 0.232. The minimum Gasteiger partial charge on any atom is -0.451 e. The predicted molar refractivity (Wildman–Crippen MR) is 83.2 cm³/mol. The van der Waals surface area contributed by atoms with E-state index in [0.29, 0.717) is 5.56 Å². The van der Waals surface area contributed by atoms with E-state index in [1.165, 1.54) is 0 Å². The van der Waals surface area contributed by atoms with Gasteiger partial charge < -0.3 is 4.74 Å². The zero-order valence-corrected chi connectivity index (χ0v) is 14.0. The fraction of sp³-hybridized carbons (Fsp3) is 0.438. The smallest absolute Gasteiger partial charge is 0.451 e. The van der Waals surface area contributed by atoms with Gasteiger partial charge in [0.05, 0.1) is 0 Å². The van der Waals surface area contributed by atoms with Crippen molar-refractivity contribution in [2.75, 3.05) is 0 Å². The second-order valence-electron chi connectivity index (χ2n) is 6.27. The third-order valence-electron chi connectivity index (χ3n) is 2.90. The van der Waals surface area contributed by atoms with Gasteiger partial charge in [-0.3, -0.25) is 0 Å². The lowest BCUT2D eigenvalue weighted by atomic mass is 10.1. The average Bonchev–Trinajstić information content (AvgIpc) is 2.40. The molecule has 0 amide bonds. The number of halogens is 3. The Morgan fingerprint density at radius 2 is 1.77 bits per heavy atom. The van der Waals surface area contributed by atoms with Gasteiger partial charge in [-0.15, -0.1) is 0 Å². The molecule has 0 aliphatic heterocycles. The van der Waals surface area contributed by atoms with E-state index in [9.17, 15) is 18.0 Å². The Morgan fingerprint density at radius 3 is 2.27 bits per heavy atom. The molecule has 1 aromatic rings. The van der Waals surface area contributed by atoms with Crippen molar-refractivity contribution in [1.82, 2.24) is 0 Å². The quantitative estimate of drug-likeness (QED) is 0.411. The minimum atomic E-state index is -4.98. The molecule has 0 aromatic heterocycles. The van der Waals surface area contributed by atoms with Crippen LogP contribution in [0.2, 0.25) is 25.7 Å². The lowest BCUT2D eigenvalue weighted by molar-refractivity contribution is -0.205. The van der Waals surface area contributed by atoms with Crippen molar-refractivity contribution in [3.63, 3.8) is 0 Å². The summed E-state index contributed by atoms with van der Waals surface area (Å²) in [5, 5.41) is 0. The number of hydrogen-bond acceptors (Lipinski definition) is 2. The maximum atomic E-state index is 12.4. The normalized spacial score (nSPS) is 14.1. The van der Waals surface area contributed by atoms with Gasteiger partial charge in [0.2, 0.25) is 0 Å². The summed E-state index contributed by atoms with van der Waals surface area (Å²) in [4.78, 5) is 11.1. The highest BCUT2D eigenvalue weighted by molar-refractivity contribution is 6.76. The van der Waals surface area contributed by atoms with Crippen molar-refractivity contribution in [2.24, 2.45) is 0 Å². The zero-order chi connectivity index (χ0) is 16.8. The Hall–Kier alpha value is -1.56. The Morgan fingerprint density at radius 1 is 1.18 bits per heavy atom. The molecule has 0 spiro atoms. The van der Waals surface area contributed by atoms with Gasteiger partial charge in [0.25, 0.3) is 0 Å². The second-order valence-corrected chi connectivity index (χ2v) is 11.8. The summed E-state index contributed by atoms with van der Waals surface area (Å²) >= 11 is 0. The van der Waals surface area contributed by atoms with E-state index < -0.39 is 26.3 Å². The number of ether oxygens (including phenoxy) is 1. The lowest BCUT2D eigenvalue weighted by Gasteiger charge is -2.18. The van der Waals surface area contributed by atoms with E-state index in [2.05, 4.69) is 24.4 Å². The molecule has 1 aromatic carbocycles. The fourth-order valence-electron chi connectivity index (χ4n) is 1.77. The number of hydrogen-bond donors (Lipinski definition) is 0. The largest absolute Gasteiger partial charge is 0.490 e. The maximum absolute atomic E-state index is 12.4. The molecule has 0 heterocycles. The number of esters is 1. The van der Waals surface area contributed by atoms with Gasteiger partial charge in [0, 0.05) is 14.5 Å². The SMILES string of the molecule is C[Si](C)(C)CC=CCC(OC(=O)C(F)(F)F)c1ccccc1. The number of carbonyl (C=O) groups excluding carboxylic acids is 1. The molecule has 0 fully saturated rings. The van der Waals surface area contributed by atoms with Gasteiger partial charge >= 0.3 is 12.1 Å². The molecule has 22 heavy (non-hydrogen) atoms. The molecule has 1 unspecified atom stereocenters. The third-order valence-corrected chi connectivity index (χ3v) is 4.36. The Bertz CT molecular complexity index is 504. The van der Waals surface area contributed by atoms with Crippen LogP contribution in [-0.2, 0) is 9.53 Å². The molecular weight excluding hydrogens is 309 g/mol. The average molecular weight is 330 g/mol. The van der Waals surface area contributed by atoms with E-state index in [1.807, 2.05) is 6.08 Å². The third kappa shape index (κ3) is 6.93. The summed E-state index contributed by atoms with van der Waals surface area (Å²) < 4.78 is 41.8. The molecule has 0 radical (unpaired) electrons. The van der Waals surface area contributed by atoms with E-state index in [4.69, 9.17) is 0 Å². The van der Waals surface area contributed by atoms with Gasteiger partial charge in [0.1, 0.15) is 6.10 Å². The number of rotatable bonds is 6. The van der Waals surface area contributed by atoms with Crippen LogP contribution in [0.4, 0.5) is 13.2 Å². The highest BCUT2D eigenvalue weighted by Gasteiger charge is 2.42. The Balaban J connectivity index is 2.78. The highest BCUT2D eigenvalue weighted by Crippen LogP contribution is 2.26. The Labute approximate surface area is 130 Å². The van der Waals surface area contributed by atoms with Crippen molar-refractivity contribution in [3.05, 3.63) is 48.0 Å². The molecule has 0 saturated heterocycles. The first-order valence-corrected chi connectivity index (χ1v) is 10.8. The van der Waals surface area contributed by atoms with Crippen LogP contribution >= 0.6 is 0 Å². The maximum Gasteiger partial charge on any atom is 0.490 e. The molecule has 1 atom stereocenters. The zero-order valence-electron chi connectivity index (χ0n) is 13.0. The van der Waals surface area contributed by atoms with Crippen molar-refractivity contribution in [2.45, 2.75) is 44.4 Å². The summed E-state index contributed by atoms with van der Waals surface area (Å²) in [6.07, 6.45) is -1.91. The summed E-state index contributed by atoms with van der Waals surface area (Å²) in [7, 11) is -1.24. The molecule has 0 N–H and O–H groups in total. The first kappa shape index (κ1) is 18.5. The number of benzene rings is 1. The Kier molecular flexibility index (Phi) is 6.41. The lowest BCUT2D eigenvalue weighted by Crippen LogP contribution is -2.27. The topological polar surface area (TPSA) is 26.3 Å². The van der Waals surface area contributed by atoms with E-state index >= 15 is 0 Å². The van der Waals surface area contributed by atoms with Crippen LogP contribution in [0.1, 0.15) is 18.1 Å². The van der Waals surface area contributed by atoms with E-state index in [0.717, 1.165) is 6.04 Å². The molecule has 0 bridgehead atoms.